The van der Waals surface area contributed by atoms with Crippen molar-refractivity contribution in [1.82, 2.24) is 9.36 Å². The number of rotatable bonds is 11. The molecule has 160 valence electrons. The fourth-order valence-corrected chi connectivity index (χ4v) is 4.95. The molecule has 9 nitrogen and oxygen atoms in total. The number of nitrogens with one attached hydrogen (secondary N) is 2. The Bertz CT molecular complexity index is 925. The predicted molar refractivity (Wildman–Crippen MR) is 108 cm³/mol. The normalized spacial score (nSPS) is 15.7. The summed E-state index contributed by atoms with van der Waals surface area (Å²) in [5.74, 6) is -0.909. The van der Waals surface area contributed by atoms with Crippen LogP contribution in [0.5, 0.6) is 0 Å². The molecule has 0 aliphatic carbocycles. The van der Waals surface area contributed by atoms with Crippen LogP contribution in [0.4, 0.5) is 15.2 Å². The summed E-state index contributed by atoms with van der Waals surface area (Å²) < 4.78 is 44.9. The van der Waals surface area contributed by atoms with Crippen molar-refractivity contribution in [2.45, 2.75) is 23.3 Å². The van der Waals surface area contributed by atoms with Crippen LogP contribution < -0.4 is 20.7 Å². The number of hydrogen-bond acceptors (Lipinski definition) is 7. The van der Waals surface area contributed by atoms with Crippen molar-refractivity contribution in [2.75, 3.05) is 42.8 Å². The van der Waals surface area contributed by atoms with Crippen LogP contribution in [0.15, 0.2) is 23.4 Å². The predicted octanol–water partition coefficient (Wildman–Crippen LogP) is -0.805. The van der Waals surface area contributed by atoms with Crippen LogP contribution in [0.2, 0.25) is 5.02 Å². The molecule has 2 aromatic rings. The van der Waals surface area contributed by atoms with Crippen molar-refractivity contribution in [3.63, 3.8) is 0 Å². The van der Waals surface area contributed by atoms with Gasteiger partial charge in [-0.2, -0.15) is 4.37 Å². The van der Waals surface area contributed by atoms with Gasteiger partial charge in [0.1, 0.15) is 36.7 Å². The van der Waals surface area contributed by atoms with Gasteiger partial charge >= 0.3 is 0 Å². The van der Waals surface area contributed by atoms with E-state index >= 15 is 0 Å². The number of sulfonamides is 1. The Morgan fingerprint density at radius 1 is 1.38 bits per heavy atom. The Balaban J connectivity index is 1.47. The molecule has 0 spiro atoms. The maximum Gasteiger partial charge on any atom is 0.266 e. The fourth-order valence-electron chi connectivity index (χ4n) is 2.91. The van der Waals surface area contributed by atoms with Gasteiger partial charge < -0.3 is 21.1 Å². The molecule has 1 saturated heterocycles. The lowest BCUT2D eigenvalue weighted by Crippen LogP contribution is -3.07. The van der Waals surface area contributed by atoms with Crippen LogP contribution in [0, 0.1) is 5.82 Å². The number of nitrogens with two attached hydrogens (primary N) is 2. The van der Waals surface area contributed by atoms with Crippen molar-refractivity contribution < 1.29 is 28.5 Å². The van der Waals surface area contributed by atoms with Gasteiger partial charge in [0.05, 0.1) is 17.3 Å². The first-order chi connectivity index (χ1) is 13.8. The minimum Gasteiger partial charge on any atom is -0.384 e. The van der Waals surface area contributed by atoms with Gasteiger partial charge in [0, 0.05) is 18.1 Å². The van der Waals surface area contributed by atoms with E-state index in [4.69, 9.17) is 11.6 Å². The van der Waals surface area contributed by atoms with E-state index in [2.05, 4.69) is 30.0 Å². The number of halogens is 2. The lowest BCUT2D eigenvalue weighted by atomic mass is 9.97. The summed E-state index contributed by atoms with van der Waals surface area (Å²) in [5.41, 5.74) is -0.196. The van der Waals surface area contributed by atoms with Crippen molar-refractivity contribution in [1.29, 1.82) is 0 Å². The van der Waals surface area contributed by atoms with E-state index in [1.165, 1.54) is 6.33 Å². The highest BCUT2D eigenvalue weighted by atomic mass is 35.5. The summed E-state index contributed by atoms with van der Waals surface area (Å²) in [4.78, 5) is 3.17. The van der Waals surface area contributed by atoms with Crippen LogP contribution in [0.3, 0.4) is 0 Å². The number of aromatic nitrogens is 2. The summed E-state index contributed by atoms with van der Waals surface area (Å²) >= 11 is 6.99. The van der Waals surface area contributed by atoms with Gasteiger partial charge in [-0.1, -0.05) is 11.6 Å². The second-order valence-corrected chi connectivity index (χ2v) is 9.79. The van der Waals surface area contributed by atoms with E-state index in [9.17, 15) is 17.9 Å². The Morgan fingerprint density at radius 3 is 2.83 bits per heavy atom. The van der Waals surface area contributed by atoms with E-state index in [0.717, 1.165) is 56.1 Å². The maximum atomic E-state index is 14.4. The van der Waals surface area contributed by atoms with Gasteiger partial charge in [0.2, 0.25) is 10.7 Å². The highest BCUT2D eigenvalue weighted by molar-refractivity contribution is 7.93. The largest absolute Gasteiger partial charge is 0.384 e. The van der Waals surface area contributed by atoms with Gasteiger partial charge in [-0.3, -0.25) is 4.72 Å². The number of unbranched alkanes of at least 4 members (excludes halogenated alkanes) is 1. The number of anilines is 2. The zero-order valence-corrected chi connectivity index (χ0v) is 18.0. The molecule has 0 radical (unpaired) electrons. The minimum absolute atomic E-state index is 0.0436. The zero-order chi connectivity index (χ0) is 20.9. The Morgan fingerprint density at radius 2 is 2.17 bits per heavy atom. The molecule has 1 fully saturated rings. The van der Waals surface area contributed by atoms with Crippen molar-refractivity contribution >= 4 is 44.0 Å². The summed E-state index contributed by atoms with van der Waals surface area (Å²) in [6, 6.07) is 2.15. The summed E-state index contributed by atoms with van der Waals surface area (Å²) in [7, 11) is -4.15. The van der Waals surface area contributed by atoms with E-state index in [1.807, 2.05) is 0 Å². The molecule has 1 aliphatic heterocycles. The number of benzene rings is 1. The smallest absolute Gasteiger partial charge is 0.266 e. The standard InChI is InChI=1S/C16H22ClFN6O3S2/c17-11-5-14(29(26,27)24-15-22-10-23-28-15)12(18)6-13(11)21-4-2-1-3-19-7-16(25)8-20-9-16/h5-6,10,19-21,25H,1-4,7-9H2,(H,22,23,24)/p+2. The van der Waals surface area contributed by atoms with Gasteiger partial charge in [-0.05, 0) is 25.0 Å². The van der Waals surface area contributed by atoms with E-state index < -0.39 is 26.3 Å². The average Bonchev–Trinajstić information content (AvgIpc) is 3.13. The van der Waals surface area contributed by atoms with E-state index in [-0.39, 0.29) is 10.2 Å². The Kier molecular flexibility index (Phi) is 7.24. The van der Waals surface area contributed by atoms with Crippen molar-refractivity contribution in [3.05, 3.63) is 29.3 Å². The molecule has 0 bridgehead atoms. The third-order valence-electron chi connectivity index (χ3n) is 4.62. The van der Waals surface area contributed by atoms with Crippen LogP contribution in [-0.4, -0.2) is 61.2 Å². The summed E-state index contributed by atoms with van der Waals surface area (Å²) in [6.45, 7) is 3.68. The highest BCUT2D eigenvalue weighted by Gasteiger charge is 2.41. The molecule has 2 heterocycles. The molecule has 0 unspecified atom stereocenters. The third-order valence-corrected chi connectivity index (χ3v) is 6.99. The topological polar surface area (TPSA) is 137 Å². The van der Waals surface area contributed by atoms with Crippen LogP contribution in [0.25, 0.3) is 0 Å². The molecular weight excluding hydrogens is 443 g/mol. The first-order valence-corrected chi connectivity index (χ1v) is 11.8. The molecule has 1 aromatic heterocycles. The van der Waals surface area contributed by atoms with Crippen LogP contribution >= 0.6 is 23.1 Å². The fraction of sp³-hybridized carbons (Fsp3) is 0.500. The molecule has 1 aromatic carbocycles. The number of aliphatic hydroxyl groups is 1. The molecule has 0 amide bonds. The summed E-state index contributed by atoms with van der Waals surface area (Å²) in [6.07, 6.45) is 2.95. The minimum atomic E-state index is -4.15. The molecule has 13 heteroatoms. The van der Waals surface area contributed by atoms with Gasteiger partial charge in [-0.15, -0.1) is 0 Å². The highest BCUT2D eigenvalue weighted by Crippen LogP contribution is 2.29. The molecule has 7 N–H and O–H groups in total. The second-order valence-electron chi connectivity index (χ2n) is 6.95. The van der Waals surface area contributed by atoms with Gasteiger partial charge in [0.25, 0.3) is 10.0 Å². The second kappa shape index (κ2) is 9.49. The molecule has 29 heavy (non-hydrogen) atoms. The van der Waals surface area contributed by atoms with Crippen molar-refractivity contribution in [3.8, 4) is 0 Å². The summed E-state index contributed by atoms with van der Waals surface area (Å²) in [5, 5.41) is 17.4. The van der Waals surface area contributed by atoms with Gasteiger partial charge in [-0.25, -0.2) is 17.8 Å². The Labute approximate surface area is 177 Å². The molecular formula is C16H24ClFN6O3S2+2. The maximum absolute atomic E-state index is 14.4. The molecule has 0 atom stereocenters. The third kappa shape index (κ3) is 5.96. The van der Waals surface area contributed by atoms with Gasteiger partial charge in [0.15, 0.2) is 0 Å². The first kappa shape index (κ1) is 22.1. The molecule has 1 aliphatic rings. The van der Waals surface area contributed by atoms with Crippen molar-refractivity contribution in [2.24, 2.45) is 0 Å². The molecule has 0 saturated carbocycles. The van der Waals surface area contributed by atoms with Crippen LogP contribution in [0.1, 0.15) is 12.8 Å². The number of nitrogens with zero attached hydrogens (tertiary/aromatic N) is 2. The Hall–Kier alpha value is -1.57. The zero-order valence-electron chi connectivity index (χ0n) is 15.6. The van der Waals surface area contributed by atoms with E-state index in [0.29, 0.717) is 18.8 Å². The van der Waals surface area contributed by atoms with E-state index in [1.54, 1.807) is 0 Å². The SMILES string of the molecule is O=S(=O)(Nc1ncns1)c1cc(Cl)c(NCCCC[NH2+]CC2(O)C[NH2+]C2)cc1F. The average molecular weight is 467 g/mol. The lowest BCUT2D eigenvalue weighted by molar-refractivity contribution is -0.772. The number of hydrogen-bond donors (Lipinski definition) is 5. The first-order valence-electron chi connectivity index (χ1n) is 9.17. The molecule has 3 rings (SSSR count). The lowest BCUT2D eigenvalue weighted by Gasteiger charge is -2.31. The van der Waals surface area contributed by atoms with Crippen LogP contribution in [-0.2, 0) is 10.0 Å². The monoisotopic (exact) mass is 466 g/mol. The number of quaternary nitrogens is 2. The quantitative estimate of drug-likeness (QED) is 0.275.